The van der Waals surface area contributed by atoms with Gasteiger partial charge in [-0.2, -0.15) is 5.26 Å². The number of hydrogen-bond acceptors (Lipinski definition) is 2. The first kappa shape index (κ1) is 11.8. The van der Waals surface area contributed by atoms with Gasteiger partial charge < -0.3 is 12.4 Å². The first-order valence-electron chi connectivity index (χ1n) is 1.79. The fourth-order valence-corrected chi connectivity index (χ4v) is 0.806. The number of nitrogens with zero attached hydrogens (tertiary/aromatic N) is 1. The molecule has 43 valence electrons. The van der Waals surface area contributed by atoms with Crippen molar-refractivity contribution in [1.82, 2.24) is 0 Å². The van der Waals surface area contributed by atoms with Gasteiger partial charge >= 0.3 is 0 Å². The molecule has 4 heteroatoms. The molecule has 1 rings (SSSR count). The molecule has 0 aliphatic rings. The van der Waals surface area contributed by atoms with E-state index in [1.54, 1.807) is 6.07 Å². The van der Waals surface area contributed by atoms with Gasteiger partial charge in [-0.15, -0.1) is 11.3 Å². The summed E-state index contributed by atoms with van der Waals surface area (Å²) in [5.41, 5.74) is 0.630. The Hall–Kier alpha value is 0.103. The number of nitriles is 1. The van der Waals surface area contributed by atoms with Gasteiger partial charge in [0, 0.05) is 19.5 Å². The van der Waals surface area contributed by atoms with Crippen LogP contribution < -0.4 is 12.4 Å². The summed E-state index contributed by atoms with van der Waals surface area (Å²) in [4.78, 5) is 0. The summed E-state index contributed by atoms with van der Waals surface area (Å²) in [5, 5.41) is 12.8. The minimum Gasteiger partial charge on any atom is -1.00 e. The maximum absolute atomic E-state index is 8.15. The quantitative estimate of drug-likeness (QED) is 0.473. The second kappa shape index (κ2) is 6.23. The Kier molecular flexibility index (Phi) is 8.20. The van der Waals surface area contributed by atoms with Gasteiger partial charge in [-0.25, -0.2) is 0 Å². The zero-order valence-corrected chi connectivity index (χ0v) is 9.13. The van der Waals surface area contributed by atoms with E-state index in [0.717, 1.165) is 0 Å². The zero-order chi connectivity index (χ0) is 5.11. The van der Waals surface area contributed by atoms with Gasteiger partial charge in [0.2, 0.25) is 0 Å². The standard InChI is InChI=1S/C5H2NS.ClH.Zn/c6-3-5-1-2-7-4-5;;/h1-2H;1H;/p-1. The molecular formula is C5H2ClNSZn-. The van der Waals surface area contributed by atoms with E-state index in [-0.39, 0.29) is 31.9 Å². The average molecular weight is 209 g/mol. The average Bonchev–Trinajstić information content (AvgIpc) is 2.14. The van der Waals surface area contributed by atoms with E-state index in [2.05, 4.69) is 5.38 Å². The van der Waals surface area contributed by atoms with Crippen molar-refractivity contribution in [2.75, 3.05) is 0 Å². The van der Waals surface area contributed by atoms with Crippen LogP contribution in [-0.4, -0.2) is 0 Å². The fourth-order valence-electron chi connectivity index (χ4n) is 0.294. The summed E-state index contributed by atoms with van der Waals surface area (Å²) in [5.74, 6) is 0. The van der Waals surface area contributed by atoms with E-state index in [0.29, 0.717) is 5.56 Å². The first-order valence-corrected chi connectivity index (χ1v) is 2.67. The van der Waals surface area contributed by atoms with Gasteiger partial charge in [-0.05, 0) is 11.4 Å². The molecule has 0 spiro atoms. The third-order valence-corrected chi connectivity index (χ3v) is 1.20. The van der Waals surface area contributed by atoms with Crippen LogP contribution >= 0.6 is 11.3 Å². The maximum Gasteiger partial charge on any atom is 0.101 e. The van der Waals surface area contributed by atoms with Gasteiger partial charge in [0.25, 0.3) is 0 Å². The van der Waals surface area contributed by atoms with Crippen LogP contribution in [0.2, 0.25) is 0 Å². The topological polar surface area (TPSA) is 23.8 Å². The molecule has 0 unspecified atom stereocenters. The number of rotatable bonds is 0. The molecule has 0 fully saturated rings. The van der Waals surface area contributed by atoms with E-state index >= 15 is 0 Å². The van der Waals surface area contributed by atoms with E-state index < -0.39 is 0 Å². The van der Waals surface area contributed by atoms with Gasteiger partial charge in [0.15, 0.2) is 0 Å². The van der Waals surface area contributed by atoms with Crippen LogP contribution in [0.15, 0.2) is 11.4 Å². The van der Waals surface area contributed by atoms with Crippen LogP contribution in [0.25, 0.3) is 0 Å². The normalized spacial score (nSPS) is 6.11. The molecule has 0 saturated carbocycles. The predicted molar refractivity (Wildman–Crippen MR) is 27.9 cm³/mol. The van der Waals surface area contributed by atoms with E-state index in [1.807, 2.05) is 11.4 Å². The Morgan fingerprint density at radius 1 is 1.67 bits per heavy atom. The Morgan fingerprint density at radius 3 is 2.56 bits per heavy atom. The smallest absolute Gasteiger partial charge is 0.101 e. The van der Waals surface area contributed by atoms with Crippen LogP contribution in [0.5, 0.6) is 0 Å². The van der Waals surface area contributed by atoms with Gasteiger partial charge in [-0.1, -0.05) is 0 Å². The van der Waals surface area contributed by atoms with Gasteiger partial charge in [0.1, 0.15) is 6.07 Å². The molecule has 0 bridgehead atoms. The van der Waals surface area contributed by atoms with Crippen molar-refractivity contribution < 1.29 is 31.9 Å². The van der Waals surface area contributed by atoms with Crippen molar-refractivity contribution in [3.63, 3.8) is 0 Å². The molecule has 0 aliphatic carbocycles. The third kappa shape index (κ3) is 3.64. The third-order valence-electron chi connectivity index (χ3n) is 0.592. The van der Waals surface area contributed by atoms with Crippen molar-refractivity contribution in [2.24, 2.45) is 0 Å². The molecule has 0 aromatic carbocycles. The van der Waals surface area contributed by atoms with Crippen LogP contribution in [0.1, 0.15) is 5.56 Å². The monoisotopic (exact) mass is 207 g/mol. The Morgan fingerprint density at radius 2 is 2.33 bits per heavy atom. The summed E-state index contributed by atoms with van der Waals surface area (Å²) in [6.45, 7) is 0. The summed E-state index contributed by atoms with van der Waals surface area (Å²) >= 11 is 1.42. The minimum atomic E-state index is 0. The fraction of sp³-hybridized carbons (Fsp3) is 0. The first-order chi connectivity index (χ1) is 3.43. The van der Waals surface area contributed by atoms with E-state index in [1.165, 1.54) is 11.3 Å². The Labute approximate surface area is 76.9 Å². The van der Waals surface area contributed by atoms with Crippen molar-refractivity contribution in [3.05, 3.63) is 22.4 Å². The summed E-state index contributed by atoms with van der Waals surface area (Å²) < 4.78 is 0. The van der Waals surface area contributed by atoms with Crippen LogP contribution in [0.4, 0.5) is 0 Å². The second-order valence-electron chi connectivity index (χ2n) is 1.05. The molecule has 1 radical (unpaired) electrons. The second-order valence-corrected chi connectivity index (χ2v) is 1.76. The zero-order valence-electron chi connectivity index (χ0n) is 4.60. The Balaban J connectivity index is 0. The molecular weight excluding hydrogens is 207 g/mol. The number of halogens is 1. The SMILES string of the molecule is N#Cc1[c]scc1.[Cl-].[Zn]. The van der Waals surface area contributed by atoms with E-state index in [9.17, 15) is 0 Å². The number of hydrogen-bond donors (Lipinski definition) is 0. The molecule has 1 aromatic heterocycles. The minimum absolute atomic E-state index is 0. The molecule has 1 heterocycles. The summed E-state index contributed by atoms with van der Waals surface area (Å²) in [7, 11) is 0. The van der Waals surface area contributed by atoms with Crippen molar-refractivity contribution >= 4 is 11.3 Å². The molecule has 1 aromatic rings. The van der Waals surface area contributed by atoms with Gasteiger partial charge in [-0.3, -0.25) is 0 Å². The predicted octanol–water partition coefficient (Wildman–Crippen LogP) is -1.58. The van der Waals surface area contributed by atoms with E-state index in [4.69, 9.17) is 5.26 Å². The molecule has 9 heavy (non-hydrogen) atoms. The molecule has 0 amide bonds. The maximum atomic E-state index is 8.15. The van der Waals surface area contributed by atoms with Crippen molar-refractivity contribution in [3.8, 4) is 6.07 Å². The molecule has 1 nitrogen and oxygen atoms in total. The van der Waals surface area contributed by atoms with Crippen molar-refractivity contribution in [2.45, 2.75) is 0 Å². The summed E-state index contributed by atoms with van der Waals surface area (Å²) in [6, 6.07) is 3.70. The summed E-state index contributed by atoms with van der Waals surface area (Å²) in [6.07, 6.45) is 0. The molecule has 0 N–H and O–H groups in total. The number of thiophene rings is 1. The van der Waals surface area contributed by atoms with Gasteiger partial charge in [0.05, 0.1) is 10.9 Å². The van der Waals surface area contributed by atoms with Crippen molar-refractivity contribution in [1.29, 1.82) is 5.26 Å². The molecule has 0 atom stereocenters. The largest absolute Gasteiger partial charge is 1.00 e. The Bertz CT molecular complexity index is 179. The molecule has 0 aliphatic heterocycles. The van der Waals surface area contributed by atoms with Crippen LogP contribution in [0.3, 0.4) is 0 Å². The van der Waals surface area contributed by atoms with Crippen LogP contribution in [0, 0.1) is 16.7 Å². The van der Waals surface area contributed by atoms with Crippen LogP contribution in [-0.2, 0) is 19.5 Å². The molecule has 0 saturated heterocycles.